The third-order valence-electron chi connectivity index (χ3n) is 3.16. The first-order valence-electron chi connectivity index (χ1n) is 6.17. The second-order valence-corrected chi connectivity index (χ2v) is 6.00. The third kappa shape index (κ3) is 7.67. The molecule has 0 nitrogen and oxygen atoms in total. The van der Waals surface area contributed by atoms with Gasteiger partial charge in [0.15, 0.2) is 0 Å². The Kier molecular flexibility index (Phi) is 7.72. The molecule has 0 aromatic heterocycles. The number of hydrogen-bond acceptors (Lipinski definition) is 0. The van der Waals surface area contributed by atoms with E-state index in [9.17, 15) is 0 Å². The van der Waals surface area contributed by atoms with Gasteiger partial charge >= 0.3 is 0 Å². The fourth-order valence-corrected chi connectivity index (χ4v) is 1.68. The van der Waals surface area contributed by atoms with Crippen LogP contribution in [0.15, 0.2) is 0 Å². The molecule has 0 radical (unpaired) electrons. The number of hydrogen-bond donors (Lipinski definition) is 0. The predicted molar refractivity (Wildman–Crippen MR) is 67.1 cm³/mol. The van der Waals surface area contributed by atoms with Crippen LogP contribution in [0, 0.1) is 5.92 Å². The van der Waals surface area contributed by atoms with Gasteiger partial charge in [0.2, 0.25) is 0 Å². The zero-order valence-corrected chi connectivity index (χ0v) is 11.2. The molecule has 1 unspecified atom stereocenters. The maximum atomic E-state index is 6.25. The first-order chi connectivity index (χ1) is 6.48. The molecule has 0 spiro atoms. The topological polar surface area (TPSA) is 0 Å². The Morgan fingerprint density at radius 3 is 2.00 bits per heavy atom. The lowest BCUT2D eigenvalue weighted by atomic mass is 9.91. The maximum absolute atomic E-state index is 6.25. The van der Waals surface area contributed by atoms with Crippen molar-refractivity contribution in [2.75, 3.05) is 0 Å². The third-order valence-corrected chi connectivity index (χ3v) is 3.54. The molecule has 14 heavy (non-hydrogen) atoms. The Hall–Kier alpha value is 0.290. The standard InChI is InChI=1S/C13H27Cl/c1-5-6-7-8-9-10-11-12(2)13(3,4)14/h12H,5-11H2,1-4H3. The van der Waals surface area contributed by atoms with Crippen LogP contribution in [0.25, 0.3) is 0 Å². The van der Waals surface area contributed by atoms with Gasteiger partial charge in [-0.2, -0.15) is 0 Å². The Bertz CT molecular complexity index is 124. The number of alkyl halides is 1. The smallest absolute Gasteiger partial charge is 0.0416 e. The first-order valence-corrected chi connectivity index (χ1v) is 6.55. The van der Waals surface area contributed by atoms with Crippen molar-refractivity contribution in [2.45, 2.75) is 77.5 Å². The Balaban J connectivity index is 3.28. The summed E-state index contributed by atoms with van der Waals surface area (Å²) in [5.41, 5.74) is 0. The van der Waals surface area contributed by atoms with E-state index < -0.39 is 0 Å². The molecule has 0 fully saturated rings. The molecule has 0 heterocycles. The SMILES string of the molecule is CCCCCCCCC(C)C(C)(C)Cl. The molecule has 0 rings (SSSR count). The first kappa shape index (κ1) is 14.3. The van der Waals surface area contributed by atoms with Gasteiger partial charge in [0, 0.05) is 4.87 Å². The van der Waals surface area contributed by atoms with Gasteiger partial charge in [-0.05, 0) is 26.2 Å². The molecule has 86 valence electrons. The molecule has 0 aliphatic rings. The van der Waals surface area contributed by atoms with Gasteiger partial charge in [-0.3, -0.25) is 0 Å². The molecule has 0 saturated heterocycles. The van der Waals surface area contributed by atoms with Gasteiger partial charge in [0.05, 0.1) is 0 Å². The van der Waals surface area contributed by atoms with Crippen LogP contribution in [0.3, 0.4) is 0 Å². The molecule has 0 amide bonds. The van der Waals surface area contributed by atoms with Crippen molar-refractivity contribution in [2.24, 2.45) is 5.92 Å². The molecule has 0 bridgehead atoms. The van der Waals surface area contributed by atoms with Crippen LogP contribution in [0.2, 0.25) is 0 Å². The zero-order valence-electron chi connectivity index (χ0n) is 10.4. The lowest BCUT2D eigenvalue weighted by molar-refractivity contribution is 0.400. The van der Waals surface area contributed by atoms with Gasteiger partial charge in [0.25, 0.3) is 0 Å². The Labute approximate surface area is 95.4 Å². The summed E-state index contributed by atoms with van der Waals surface area (Å²) in [7, 11) is 0. The molecule has 0 aliphatic heterocycles. The van der Waals surface area contributed by atoms with Crippen molar-refractivity contribution in [1.29, 1.82) is 0 Å². The van der Waals surface area contributed by atoms with E-state index in [0.29, 0.717) is 5.92 Å². The second kappa shape index (κ2) is 7.56. The highest BCUT2D eigenvalue weighted by atomic mass is 35.5. The monoisotopic (exact) mass is 218 g/mol. The van der Waals surface area contributed by atoms with E-state index >= 15 is 0 Å². The molecule has 0 aromatic rings. The average molecular weight is 219 g/mol. The average Bonchev–Trinajstić information content (AvgIpc) is 2.09. The summed E-state index contributed by atoms with van der Waals surface area (Å²) < 4.78 is 0. The molecule has 0 aliphatic carbocycles. The largest absolute Gasteiger partial charge is 0.120 e. The zero-order chi connectivity index (χ0) is 11.0. The van der Waals surface area contributed by atoms with Gasteiger partial charge < -0.3 is 0 Å². The van der Waals surface area contributed by atoms with Crippen molar-refractivity contribution in [3.63, 3.8) is 0 Å². The highest BCUT2D eigenvalue weighted by Crippen LogP contribution is 2.28. The summed E-state index contributed by atoms with van der Waals surface area (Å²) >= 11 is 6.25. The normalized spacial score (nSPS) is 14.4. The molecular weight excluding hydrogens is 192 g/mol. The minimum Gasteiger partial charge on any atom is -0.120 e. The molecule has 1 heteroatoms. The van der Waals surface area contributed by atoms with E-state index in [-0.39, 0.29) is 4.87 Å². The highest BCUT2D eigenvalue weighted by Gasteiger charge is 2.21. The number of rotatable bonds is 8. The fourth-order valence-electron chi connectivity index (χ4n) is 1.57. The summed E-state index contributed by atoms with van der Waals surface area (Å²) in [6.07, 6.45) is 9.57. The molecule has 1 atom stereocenters. The van der Waals surface area contributed by atoms with E-state index in [1.807, 2.05) is 0 Å². The van der Waals surface area contributed by atoms with Crippen molar-refractivity contribution >= 4 is 11.6 Å². The second-order valence-electron chi connectivity index (χ2n) is 5.02. The summed E-state index contributed by atoms with van der Waals surface area (Å²) in [4.78, 5) is -0.0244. The summed E-state index contributed by atoms with van der Waals surface area (Å²) in [6, 6.07) is 0. The molecule has 0 aromatic carbocycles. The summed E-state index contributed by atoms with van der Waals surface area (Å²) in [5, 5.41) is 0. The van der Waals surface area contributed by atoms with Crippen molar-refractivity contribution < 1.29 is 0 Å². The number of unbranched alkanes of at least 4 members (excludes halogenated alkanes) is 5. The van der Waals surface area contributed by atoms with Crippen LogP contribution in [0.1, 0.15) is 72.6 Å². The van der Waals surface area contributed by atoms with Gasteiger partial charge in [-0.15, -0.1) is 11.6 Å². The van der Waals surface area contributed by atoms with E-state index in [1.165, 1.54) is 44.9 Å². The van der Waals surface area contributed by atoms with E-state index in [1.54, 1.807) is 0 Å². The number of halogens is 1. The van der Waals surface area contributed by atoms with Crippen LogP contribution >= 0.6 is 11.6 Å². The fraction of sp³-hybridized carbons (Fsp3) is 1.00. The lowest BCUT2D eigenvalue weighted by Crippen LogP contribution is -2.21. The van der Waals surface area contributed by atoms with Crippen molar-refractivity contribution in [3.8, 4) is 0 Å². The Morgan fingerprint density at radius 1 is 1.00 bits per heavy atom. The molecular formula is C13H27Cl. The highest BCUT2D eigenvalue weighted by molar-refractivity contribution is 6.23. The van der Waals surface area contributed by atoms with E-state index in [4.69, 9.17) is 11.6 Å². The quantitative estimate of drug-likeness (QED) is 0.379. The summed E-state index contributed by atoms with van der Waals surface area (Å²) in [6.45, 7) is 8.77. The minimum absolute atomic E-state index is 0.0244. The van der Waals surface area contributed by atoms with Crippen molar-refractivity contribution in [1.82, 2.24) is 0 Å². The van der Waals surface area contributed by atoms with E-state index in [2.05, 4.69) is 27.7 Å². The molecule has 0 N–H and O–H groups in total. The van der Waals surface area contributed by atoms with Crippen LogP contribution in [0.4, 0.5) is 0 Å². The summed E-state index contributed by atoms with van der Waals surface area (Å²) in [5.74, 6) is 0.635. The van der Waals surface area contributed by atoms with Gasteiger partial charge in [0.1, 0.15) is 0 Å². The molecule has 0 saturated carbocycles. The van der Waals surface area contributed by atoms with Crippen LogP contribution < -0.4 is 0 Å². The predicted octanol–water partition coefficient (Wildman–Crippen LogP) is 5.39. The lowest BCUT2D eigenvalue weighted by Gasteiger charge is -2.24. The van der Waals surface area contributed by atoms with E-state index in [0.717, 1.165) is 0 Å². The van der Waals surface area contributed by atoms with Crippen molar-refractivity contribution in [3.05, 3.63) is 0 Å². The van der Waals surface area contributed by atoms with Crippen LogP contribution in [-0.2, 0) is 0 Å². The minimum atomic E-state index is -0.0244. The maximum Gasteiger partial charge on any atom is 0.0416 e. The van der Waals surface area contributed by atoms with Gasteiger partial charge in [-0.25, -0.2) is 0 Å². The van der Waals surface area contributed by atoms with Crippen LogP contribution in [0.5, 0.6) is 0 Å². The van der Waals surface area contributed by atoms with Gasteiger partial charge in [-0.1, -0.05) is 52.4 Å². The van der Waals surface area contributed by atoms with Crippen LogP contribution in [-0.4, -0.2) is 4.87 Å². The Morgan fingerprint density at radius 2 is 1.50 bits per heavy atom.